The van der Waals surface area contributed by atoms with Gasteiger partial charge in [0.1, 0.15) is 11.5 Å². The predicted octanol–water partition coefficient (Wildman–Crippen LogP) is 5.33. The van der Waals surface area contributed by atoms with Crippen molar-refractivity contribution in [2.75, 3.05) is 6.54 Å². The topological polar surface area (TPSA) is 34.2 Å². The molecule has 0 atom stereocenters. The number of nitrogens with one attached hydrogen (secondary N) is 1. The Labute approximate surface area is 139 Å². The van der Waals surface area contributed by atoms with Gasteiger partial charge >= 0.3 is 0 Å². The van der Waals surface area contributed by atoms with Crippen LogP contribution in [0.5, 0.6) is 11.5 Å². The van der Waals surface area contributed by atoms with E-state index in [9.17, 15) is 0 Å². The quantitative estimate of drug-likeness (QED) is 0.567. The standard InChI is InChI=1S/C15H15Cl3N2O/c1-2-3-19-7-10-4-11(9-20-8-10)21-15-6-13(17)12(16)5-14(15)18/h4-6,8-9,19H,2-3,7H2,1H3. The van der Waals surface area contributed by atoms with Crippen LogP contribution in [-0.4, -0.2) is 11.5 Å². The van der Waals surface area contributed by atoms with Crippen molar-refractivity contribution in [1.29, 1.82) is 0 Å². The monoisotopic (exact) mass is 344 g/mol. The second kappa shape index (κ2) is 7.85. The molecule has 21 heavy (non-hydrogen) atoms. The van der Waals surface area contributed by atoms with E-state index >= 15 is 0 Å². The average Bonchev–Trinajstić information content (AvgIpc) is 2.45. The highest BCUT2D eigenvalue weighted by Crippen LogP contribution is 2.36. The van der Waals surface area contributed by atoms with E-state index in [0.717, 1.165) is 25.1 Å². The zero-order chi connectivity index (χ0) is 15.2. The van der Waals surface area contributed by atoms with Gasteiger partial charge in [0.05, 0.1) is 21.3 Å². The summed E-state index contributed by atoms with van der Waals surface area (Å²) in [7, 11) is 0. The maximum atomic E-state index is 6.09. The molecule has 2 aromatic rings. The summed E-state index contributed by atoms with van der Waals surface area (Å²) in [4.78, 5) is 4.16. The van der Waals surface area contributed by atoms with Crippen LogP contribution in [0.2, 0.25) is 15.1 Å². The fraction of sp³-hybridized carbons (Fsp3) is 0.267. The van der Waals surface area contributed by atoms with Crippen LogP contribution in [0.4, 0.5) is 0 Å². The van der Waals surface area contributed by atoms with E-state index in [1.165, 1.54) is 0 Å². The van der Waals surface area contributed by atoms with Gasteiger partial charge in [0.25, 0.3) is 0 Å². The Hall–Kier alpha value is -1.000. The van der Waals surface area contributed by atoms with Crippen molar-refractivity contribution >= 4 is 34.8 Å². The van der Waals surface area contributed by atoms with Crippen molar-refractivity contribution in [2.45, 2.75) is 19.9 Å². The fourth-order valence-corrected chi connectivity index (χ4v) is 2.31. The van der Waals surface area contributed by atoms with Gasteiger partial charge in [-0.15, -0.1) is 0 Å². The lowest BCUT2D eigenvalue weighted by molar-refractivity contribution is 0.479. The highest BCUT2D eigenvalue weighted by Gasteiger charge is 2.09. The van der Waals surface area contributed by atoms with Crippen molar-refractivity contribution in [3.63, 3.8) is 0 Å². The second-order valence-corrected chi connectivity index (χ2v) is 5.73. The molecule has 3 nitrogen and oxygen atoms in total. The lowest BCUT2D eigenvalue weighted by Crippen LogP contribution is -2.13. The minimum absolute atomic E-state index is 0.393. The molecule has 0 radical (unpaired) electrons. The van der Waals surface area contributed by atoms with E-state index in [1.54, 1.807) is 24.5 Å². The van der Waals surface area contributed by atoms with Crippen molar-refractivity contribution in [3.05, 3.63) is 51.2 Å². The normalized spacial score (nSPS) is 10.7. The lowest BCUT2D eigenvalue weighted by Gasteiger charge is -2.10. The first kappa shape index (κ1) is 16.4. The number of ether oxygens (including phenoxy) is 1. The number of halogens is 3. The highest BCUT2D eigenvalue weighted by atomic mass is 35.5. The lowest BCUT2D eigenvalue weighted by atomic mass is 10.2. The van der Waals surface area contributed by atoms with Crippen LogP contribution in [-0.2, 0) is 6.54 Å². The second-order valence-electron chi connectivity index (χ2n) is 4.50. The van der Waals surface area contributed by atoms with Gasteiger partial charge in [-0.25, -0.2) is 0 Å². The fourth-order valence-electron chi connectivity index (χ4n) is 1.74. The molecule has 0 bridgehead atoms. The van der Waals surface area contributed by atoms with Gasteiger partial charge in [0.2, 0.25) is 0 Å². The Morgan fingerprint density at radius 1 is 1.05 bits per heavy atom. The molecular formula is C15H15Cl3N2O. The predicted molar refractivity (Wildman–Crippen MR) is 87.8 cm³/mol. The summed E-state index contributed by atoms with van der Waals surface area (Å²) in [6, 6.07) is 5.06. The molecule has 6 heteroatoms. The minimum Gasteiger partial charge on any atom is -0.454 e. The van der Waals surface area contributed by atoms with Gasteiger partial charge in [-0.3, -0.25) is 4.98 Å². The number of hydrogen-bond acceptors (Lipinski definition) is 3. The third kappa shape index (κ3) is 4.75. The summed E-state index contributed by atoms with van der Waals surface area (Å²) in [6.07, 6.45) is 4.51. The molecule has 0 spiro atoms. The Bertz CT molecular complexity index is 620. The van der Waals surface area contributed by atoms with Crippen molar-refractivity contribution in [3.8, 4) is 11.5 Å². The molecule has 0 aliphatic carbocycles. The third-order valence-corrected chi connectivity index (χ3v) is 3.75. The largest absolute Gasteiger partial charge is 0.454 e. The Balaban J connectivity index is 2.12. The van der Waals surface area contributed by atoms with E-state index < -0.39 is 0 Å². The molecule has 1 heterocycles. The van der Waals surface area contributed by atoms with Crippen LogP contribution in [0.15, 0.2) is 30.6 Å². The summed E-state index contributed by atoms with van der Waals surface area (Å²) in [5, 5.41) is 4.50. The van der Waals surface area contributed by atoms with Crippen LogP contribution in [0.1, 0.15) is 18.9 Å². The maximum Gasteiger partial charge on any atom is 0.147 e. The molecule has 1 aromatic heterocycles. The number of pyridine rings is 1. The van der Waals surface area contributed by atoms with Crippen LogP contribution in [0.25, 0.3) is 0 Å². The smallest absolute Gasteiger partial charge is 0.147 e. The first-order valence-electron chi connectivity index (χ1n) is 6.57. The van der Waals surface area contributed by atoms with E-state index in [0.29, 0.717) is 26.6 Å². The Morgan fingerprint density at radius 2 is 1.81 bits per heavy atom. The van der Waals surface area contributed by atoms with Gasteiger partial charge in [0, 0.05) is 18.8 Å². The highest BCUT2D eigenvalue weighted by molar-refractivity contribution is 6.43. The molecule has 1 N–H and O–H groups in total. The number of nitrogens with zero attached hydrogens (tertiary/aromatic N) is 1. The SMILES string of the molecule is CCCNCc1cncc(Oc2cc(Cl)c(Cl)cc2Cl)c1. The molecular weight excluding hydrogens is 331 g/mol. The molecule has 2 rings (SSSR count). The first-order chi connectivity index (χ1) is 10.1. The number of hydrogen-bond donors (Lipinski definition) is 1. The summed E-state index contributed by atoms with van der Waals surface area (Å²) in [6.45, 7) is 3.83. The van der Waals surface area contributed by atoms with Crippen LogP contribution in [0.3, 0.4) is 0 Å². The molecule has 0 fully saturated rings. The van der Waals surface area contributed by atoms with Crippen molar-refractivity contribution in [1.82, 2.24) is 10.3 Å². The van der Waals surface area contributed by atoms with Crippen LogP contribution < -0.4 is 10.1 Å². The first-order valence-corrected chi connectivity index (χ1v) is 7.70. The average molecular weight is 346 g/mol. The van der Waals surface area contributed by atoms with E-state index in [-0.39, 0.29) is 0 Å². The van der Waals surface area contributed by atoms with Crippen molar-refractivity contribution < 1.29 is 4.74 Å². The van der Waals surface area contributed by atoms with Gasteiger partial charge in [-0.2, -0.15) is 0 Å². The van der Waals surface area contributed by atoms with Gasteiger partial charge in [-0.05, 0) is 30.7 Å². The number of rotatable bonds is 6. The molecule has 0 saturated carbocycles. The summed E-state index contributed by atoms with van der Waals surface area (Å²) < 4.78 is 5.73. The number of benzene rings is 1. The van der Waals surface area contributed by atoms with Crippen LogP contribution >= 0.6 is 34.8 Å². The summed E-state index contributed by atoms with van der Waals surface area (Å²) in [5.41, 5.74) is 1.04. The Morgan fingerprint density at radius 3 is 2.57 bits per heavy atom. The molecule has 0 unspecified atom stereocenters. The number of aromatic nitrogens is 1. The maximum absolute atomic E-state index is 6.09. The zero-order valence-electron chi connectivity index (χ0n) is 11.5. The Kier molecular flexibility index (Phi) is 6.12. The molecule has 0 aliphatic rings. The third-order valence-electron chi connectivity index (χ3n) is 2.73. The molecule has 0 saturated heterocycles. The van der Waals surface area contributed by atoms with Crippen LogP contribution in [0, 0.1) is 0 Å². The molecule has 0 amide bonds. The van der Waals surface area contributed by atoms with Crippen molar-refractivity contribution in [2.24, 2.45) is 0 Å². The van der Waals surface area contributed by atoms with E-state index in [4.69, 9.17) is 39.5 Å². The molecule has 0 aliphatic heterocycles. The van der Waals surface area contributed by atoms with Gasteiger partial charge in [0.15, 0.2) is 0 Å². The molecule has 112 valence electrons. The van der Waals surface area contributed by atoms with E-state index in [2.05, 4.69) is 17.2 Å². The van der Waals surface area contributed by atoms with E-state index in [1.807, 2.05) is 6.07 Å². The van der Waals surface area contributed by atoms with Gasteiger partial charge in [-0.1, -0.05) is 41.7 Å². The molecule has 1 aromatic carbocycles. The van der Waals surface area contributed by atoms with Gasteiger partial charge < -0.3 is 10.1 Å². The summed E-state index contributed by atoms with van der Waals surface area (Å²) >= 11 is 18.0. The minimum atomic E-state index is 0.393. The zero-order valence-corrected chi connectivity index (χ0v) is 13.8. The summed E-state index contributed by atoms with van der Waals surface area (Å²) in [5.74, 6) is 1.05.